The molecule has 1 atom stereocenters. The number of hydrogen-bond donors (Lipinski definition) is 2. The molecule has 1 unspecified atom stereocenters. The Morgan fingerprint density at radius 2 is 1.90 bits per heavy atom. The summed E-state index contributed by atoms with van der Waals surface area (Å²) in [7, 11) is -1.64. The van der Waals surface area contributed by atoms with E-state index in [0.29, 0.717) is 49.9 Å². The smallest absolute Gasteiger partial charge is 0.319 e. The monoisotopic (exact) mass is 713 g/mol. The van der Waals surface area contributed by atoms with Crippen LogP contribution in [0.5, 0.6) is 6.01 Å². The lowest BCUT2D eigenvalue weighted by Crippen LogP contribution is -2.16. The van der Waals surface area contributed by atoms with Crippen molar-refractivity contribution in [3.8, 4) is 29.6 Å². The van der Waals surface area contributed by atoms with E-state index in [-0.39, 0.29) is 41.7 Å². The molecule has 1 aliphatic heterocycles. The van der Waals surface area contributed by atoms with Gasteiger partial charge in [-0.15, -0.1) is 11.5 Å². The highest BCUT2D eigenvalue weighted by Gasteiger charge is 2.36. The molecule has 2 aliphatic rings. The number of amides is 1. The van der Waals surface area contributed by atoms with Gasteiger partial charge in [-0.3, -0.25) is 14.7 Å². The lowest BCUT2D eigenvalue weighted by molar-refractivity contribution is -0.116. The van der Waals surface area contributed by atoms with Gasteiger partial charge in [0.15, 0.2) is 28.4 Å². The Balaban J connectivity index is 0.970. The van der Waals surface area contributed by atoms with E-state index in [9.17, 15) is 13.4 Å². The highest BCUT2D eigenvalue weighted by molar-refractivity contribution is 7.83. The second-order valence-corrected chi connectivity index (χ2v) is 13.6. The summed E-state index contributed by atoms with van der Waals surface area (Å²) in [5.41, 5.74) is 2.28. The summed E-state index contributed by atoms with van der Waals surface area (Å²) in [5, 5.41) is 8.43. The molecule has 3 aromatic carbocycles. The molecule has 1 aliphatic carbocycles. The van der Waals surface area contributed by atoms with Crippen LogP contribution in [-0.2, 0) is 15.8 Å². The van der Waals surface area contributed by atoms with Crippen LogP contribution in [0.3, 0.4) is 0 Å². The van der Waals surface area contributed by atoms with Crippen LogP contribution in [-0.4, -0.2) is 50.8 Å². The van der Waals surface area contributed by atoms with E-state index in [1.54, 1.807) is 65.8 Å². The third-order valence-electron chi connectivity index (χ3n) is 8.87. The Hall–Kier alpha value is -6.53. The molecule has 1 amide bonds. The number of hydrogen-bond acceptors (Lipinski definition) is 9. The number of nitrogens with one attached hydrogen (secondary N) is 2. The zero-order chi connectivity index (χ0) is 35.5. The van der Waals surface area contributed by atoms with Crippen molar-refractivity contribution in [2.45, 2.75) is 30.1 Å². The first-order chi connectivity index (χ1) is 25.4. The molecule has 0 spiro atoms. The number of anilines is 4. The summed E-state index contributed by atoms with van der Waals surface area (Å²) in [6.45, 7) is -0.133. The van der Waals surface area contributed by atoms with Crippen molar-refractivity contribution in [3.05, 3.63) is 103 Å². The Labute approximate surface area is 296 Å². The van der Waals surface area contributed by atoms with Gasteiger partial charge in [0, 0.05) is 41.1 Å². The summed E-state index contributed by atoms with van der Waals surface area (Å²) in [5.74, 6) is 1.98. The molecule has 1 saturated carbocycles. The van der Waals surface area contributed by atoms with E-state index in [1.807, 2.05) is 0 Å². The second kappa shape index (κ2) is 12.4. The minimum atomic E-state index is -1.64. The number of ether oxygens (including phenoxy) is 1. The fourth-order valence-corrected chi connectivity index (χ4v) is 7.08. The van der Waals surface area contributed by atoms with Crippen molar-refractivity contribution in [3.63, 3.8) is 0 Å². The number of aromatic amines is 1. The molecule has 12 nitrogen and oxygen atoms in total. The zero-order valence-electron chi connectivity index (χ0n) is 27.0. The molecule has 7 aromatic rings. The third kappa shape index (κ3) is 5.49. The van der Waals surface area contributed by atoms with Crippen molar-refractivity contribution < 1.29 is 22.5 Å². The van der Waals surface area contributed by atoms with Crippen LogP contribution >= 0.6 is 0 Å². The van der Waals surface area contributed by atoms with Crippen LogP contribution in [0.2, 0.25) is 0 Å². The second-order valence-electron chi connectivity index (χ2n) is 12.2. The van der Waals surface area contributed by atoms with E-state index >= 15 is 4.39 Å². The SMILES string of the molecule is C#Cc1c(F)ccc2cccc(-c3ncc4c(N5c6c[nH]cc65)nc(OCCC(=O)Nc5cccc(S(=O)n6cnc(C7CC7)n6)c5)nc4c3F)c12. The van der Waals surface area contributed by atoms with E-state index in [2.05, 4.69) is 41.3 Å². The average molecular weight is 714 g/mol. The number of pyridine rings is 1. The molecular weight excluding hydrogens is 689 g/mol. The summed E-state index contributed by atoms with van der Waals surface area (Å²) in [4.78, 5) is 35.8. The molecule has 0 saturated heterocycles. The molecule has 15 heteroatoms. The van der Waals surface area contributed by atoms with E-state index in [4.69, 9.17) is 11.2 Å². The van der Waals surface area contributed by atoms with Crippen molar-refractivity contribution in [2.24, 2.45) is 0 Å². The van der Waals surface area contributed by atoms with Crippen LogP contribution < -0.4 is 15.0 Å². The van der Waals surface area contributed by atoms with E-state index in [0.717, 1.165) is 24.2 Å². The van der Waals surface area contributed by atoms with Gasteiger partial charge < -0.3 is 15.0 Å². The molecule has 4 aromatic heterocycles. The van der Waals surface area contributed by atoms with Gasteiger partial charge in [-0.05, 0) is 42.5 Å². The van der Waals surface area contributed by atoms with Gasteiger partial charge in [-0.1, -0.05) is 36.3 Å². The van der Waals surface area contributed by atoms with Gasteiger partial charge in [0.05, 0.1) is 33.6 Å². The Morgan fingerprint density at radius 1 is 1.08 bits per heavy atom. The van der Waals surface area contributed by atoms with Crippen LogP contribution in [0.4, 0.5) is 31.7 Å². The van der Waals surface area contributed by atoms with Gasteiger partial charge in [0.25, 0.3) is 0 Å². The maximum absolute atomic E-state index is 16.6. The van der Waals surface area contributed by atoms with Gasteiger partial charge >= 0.3 is 6.01 Å². The first kappa shape index (κ1) is 31.5. The number of carbonyl (C=O) groups excluding carboxylic acids is 1. The quantitative estimate of drug-likeness (QED) is 0.117. The van der Waals surface area contributed by atoms with Crippen LogP contribution in [0, 0.1) is 24.0 Å². The molecule has 2 N–H and O–H groups in total. The number of rotatable bonds is 10. The van der Waals surface area contributed by atoms with Crippen molar-refractivity contribution >= 4 is 61.4 Å². The minimum absolute atomic E-state index is 0.000943. The molecular formula is C37H25F2N9O3S. The zero-order valence-corrected chi connectivity index (χ0v) is 27.8. The first-order valence-corrected chi connectivity index (χ1v) is 17.4. The van der Waals surface area contributed by atoms with Gasteiger partial charge in [-0.2, -0.15) is 14.1 Å². The van der Waals surface area contributed by atoms with Crippen molar-refractivity contribution in [2.75, 3.05) is 16.8 Å². The van der Waals surface area contributed by atoms with E-state index in [1.165, 1.54) is 22.7 Å². The first-order valence-electron chi connectivity index (χ1n) is 16.3. The van der Waals surface area contributed by atoms with Gasteiger partial charge in [0.1, 0.15) is 30.0 Å². The molecule has 5 heterocycles. The predicted octanol–water partition coefficient (Wildman–Crippen LogP) is 6.66. The number of terminal acetylenes is 1. The Kier molecular flexibility index (Phi) is 7.47. The normalized spacial score (nSPS) is 13.9. The van der Waals surface area contributed by atoms with Gasteiger partial charge in [0.2, 0.25) is 5.91 Å². The highest BCUT2D eigenvalue weighted by Crippen LogP contribution is 2.54. The fourth-order valence-electron chi connectivity index (χ4n) is 6.15. The number of halogens is 2. The number of benzene rings is 3. The molecule has 0 bridgehead atoms. The number of nitrogens with zero attached hydrogens (tertiary/aromatic N) is 7. The van der Waals surface area contributed by atoms with Crippen molar-refractivity contribution in [1.29, 1.82) is 0 Å². The summed E-state index contributed by atoms with van der Waals surface area (Å²) in [6.07, 6.45) is 14.1. The highest BCUT2D eigenvalue weighted by atomic mass is 32.2. The molecule has 256 valence electrons. The van der Waals surface area contributed by atoms with Crippen molar-refractivity contribution in [1.82, 2.24) is 34.1 Å². The third-order valence-corrected chi connectivity index (χ3v) is 10.0. The number of fused-ring (bicyclic) bond motifs is 3. The van der Waals surface area contributed by atoms with Crippen LogP contribution in [0.1, 0.15) is 36.6 Å². The fraction of sp³-hybridized carbons (Fsp3) is 0.135. The summed E-state index contributed by atoms with van der Waals surface area (Å²) in [6, 6.07) is 14.4. The number of carbonyl (C=O) groups is 1. The lowest BCUT2D eigenvalue weighted by atomic mass is 9.96. The largest absolute Gasteiger partial charge is 0.463 e. The molecule has 52 heavy (non-hydrogen) atoms. The summed E-state index contributed by atoms with van der Waals surface area (Å²) >= 11 is 0. The number of aromatic nitrogens is 7. The predicted molar refractivity (Wildman–Crippen MR) is 190 cm³/mol. The van der Waals surface area contributed by atoms with Gasteiger partial charge in [-0.25, -0.2) is 18.0 Å². The Morgan fingerprint density at radius 3 is 2.71 bits per heavy atom. The average Bonchev–Trinajstić information content (AvgIpc) is 4.01. The lowest BCUT2D eigenvalue weighted by Gasteiger charge is -2.14. The van der Waals surface area contributed by atoms with Crippen LogP contribution in [0.25, 0.3) is 32.9 Å². The standard InChI is InChI=1S/C37H25F2N9O3S/c1-2-24-27(38)12-11-20-5-3-8-25(31(20)24)33-32(39)34-26(16-41-33)36(48-28-17-40-18-29(28)48)45-37(44-34)51-14-13-30(49)43-22-6-4-7-23(15-22)52(50)47-19-42-35(46-47)21-9-10-21/h1,3-8,11-12,15-19,21,40H,9-10,13-14H2,(H,43,49). The van der Waals surface area contributed by atoms with Crippen LogP contribution in [0.15, 0.2) is 84.4 Å². The molecule has 1 fully saturated rings. The maximum Gasteiger partial charge on any atom is 0.319 e. The van der Waals surface area contributed by atoms with E-state index < -0.39 is 22.6 Å². The molecule has 0 radical (unpaired) electrons. The topological polar surface area (TPSA) is 144 Å². The summed E-state index contributed by atoms with van der Waals surface area (Å²) < 4.78 is 51.6. The minimum Gasteiger partial charge on any atom is -0.463 e. The Bertz CT molecular complexity index is 2650. The maximum atomic E-state index is 16.6. The molecule has 9 rings (SSSR count). The number of H-pyrrole nitrogens is 1.